The fourth-order valence-electron chi connectivity index (χ4n) is 2.41. The van der Waals surface area contributed by atoms with Crippen LogP contribution in [0.3, 0.4) is 0 Å². The monoisotopic (exact) mass is 304 g/mol. The highest BCUT2D eigenvalue weighted by Gasteiger charge is 2.08. The maximum absolute atomic E-state index is 8.74. The molecule has 0 aliphatic rings. The van der Waals surface area contributed by atoms with E-state index in [1.165, 1.54) is 0 Å². The zero-order valence-corrected chi connectivity index (χ0v) is 13.0. The number of rotatable bonds is 4. The Labute approximate surface area is 134 Å². The van der Waals surface area contributed by atoms with E-state index in [9.17, 15) is 0 Å². The predicted molar refractivity (Wildman–Crippen MR) is 87.1 cm³/mol. The van der Waals surface area contributed by atoms with Gasteiger partial charge in [0.1, 0.15) is 11.9 Å². The Balaban J connectivity index is 1.83. The second kappa shape index (κ2) is 6.28. The molecule has 3 aromatic rings. The first-order chi connectivity index (χ1) is 11.2. The van der Waals surface area contributed by atoms with Crippen molar-refractivity contribution in [1.29, 1.82) is 5.26 Å². The summed E-state index contributed by atoms with van der Waals surface area (Å²) in [5, 5.41) is 24.3. The summed E-state index contributed by atoms with van der Waals surface area (Å²) < 4.78 is 1.94. The molecule has 2 aromatic heterocycles. The van der Waals surface area contributed by atoms with Crippen LogP contribution in [0, 0.1) is 25.2 Å². The van der Waals surface area contributed by atoms with E-state index >= 15 is 0 Å². The Morgan fingerprint density at radius 3 is 2.61 bits per heavy atom. The van der Waals surface area contributed by atoms with E-state index in [1.54, 1.807) is 12.1 Å². The van der Waals surface area contributed by atoms with Gasteiger partial charge in [0, 0.05) is 12.2 Å². The molecule has 1 N–H and O–H groups in total. The molecule has 3 rings (SSSR count). The van der Waals surface area contributed by atoms with E-state index in [0.717, 1.165) is 22.6 Å². The molecule has 0 bridgehead atoms. The summed E-state index contributed by atoms with van der Waals surface area (Å²) in [7, 11) is 0. The van der Waals surface area contributed by atoms with Crippen molar-refractivity contribution in [3.8, 4) is 11.8 Å². The minimum absolute atomic E-state index is 0.304. The van der Waals surface area contributed by atoms with Gasteiger partial charge in [0.15, 0.2) is 5.69 Å². The highest BCUT2D eigenvalue weighted by Crippen LogP contribution is 2.18. The van der Waals surface area contributed by atoms with Gasteiger partial charge in [-0.2, -0.15) is 10.4 Å². The molecular weight excluding hydrogens is 288 g/mol. The smallest absolute Gasteiger partial charge is 0.163 e. The fourth-order valence-corrected chi connectivity index (χ4v) is 2.41. The van der Waals surface area contributed by atoms with E-state index in [0.29, 0.717) is 18.1 Å². The Bertz CT molecular complexity index is 858. The first-order valence-electron chi connectivity index (χ1n) is 7.26. The van der Waals surface area contributed by atoms with Crippen LogP contribution in [-0.4, -0.2) is 20.0 Å². The summed E-state index contributed by atoms with van der Waals surface area (Å²) in [6, 6.07) is 15.5. The number of aromatic nitrogens is 4. The van der Waals surface area contributed by atoms with Crippen LogP contribution >= 0.6 is 0 Å². The summed E-state index contributed by atoms with van der Waals surface area (Å²) in [5.74, 6) is 0.632. The average Bonchev–Trinajstić information content (AvgIpc) is 2.92. The number of anilines is 1. The van der Waals surface area contributed by atoms with Crippen molar-refractivity contribution in [2.24, 2.45) is 0 Å². The van der Waals surface area contributed by atoms with Crippen LogP contribution in [0.2, 0.25) is 0 Å². The number of hydrogen-bond acceptors (Lipinski definition) is 5. The summed E-state index contributed by atoms with van der Waals surface area (Å²) >= 11 is 0. The molecule has 1 aromatic carbocycles. The van der Waals surface area contributed by atoms with Gasteiger partial charge in [0.05, 0.1) is 11.4 Å². The number of aryl methyl sites for hydroxylation is 2. The fraction of sp³-hybridized carbons (Fsp3) is 0.176. The molecule has 6 nitrogen and oxygen atoms in total. The summed E-state index contributed by atoms with van der Waals surface area (Å²) in [6.07, 6.45) is 0. The lowest BCUT2D eigenvalue weighted by Gasteiger charge is -2.12. The first-order valence-corrected chi connectivity index (χ1v) is 7.26. The van der Waals surface area contributed by atoms with Crippen molar-refractivity contribution in [3.05, 3.63) is 65.1 Å². The lowest BCUT2D eigenvalue weighted by Crippen LogP contribution is -2.08. The van der Waals surface area contributed by atoms with Crippen molar-refractivity contribution in [1.82, 2.24) is 20.0 Å². The second-order valence-corrected chi connectivity index (χ2v) is 5.24. The third-order valence-electron chi connectivity index (χ3n) is 3.47. The molecule has 114 valence electrons. The molecule has 6 heteroatoms. The van der Waals surface area contributed by atoms with Crippen molar-refractivity contribution in [2.75, 3.05) is 5.32 Å². The molecule has 0 spiro atoms. The number of nitrogens with zero attached hydrogens (tertiary/aromatic N) is 5. The Morgan fingerprint density at radius 2 is 1.96 bits per heavy atom. The van der Waals surface area contributed by atoms with E-state index in [2.05, 4.69) is 32.7 Å². The van der Waals surface area contributed by atoms with Crippen molar-refractivity contribution < 1.29 is 0 Å². The van der Waals surface area contributed by atoms with E-state index < -0.39 is 0 Å². The van der Waals surface area contributed by atoms with E-state index in [-0.39, 0.29) is 0 Å². The first kappa shape index (κ1) is 14.7. The maximum Gasteiger partial charge on any atom is 0.163 e. The third kappa shape index (κ3) is 3.19. The van der Waals surface area contributed by atoms with E-state index in [1.807, 2.05) is 42.8 Å². The summed E-state index contributed by atoms with van der Waals surface area (Å²) in [6.45, 7) is 4.61. The second-order valence-electron chi connectivity index (χ2n) is 5.24. The van der Waals surface area contributed by atoms with Crippen molar-refractivity contribution >= 4 is 5.82 Å². The molecule has 0 saturated heterocycles. The molecule has 0 unspecified atom stereocenters. The third-order valence-corrected chi connectivity index (χ3v) is 3.47. The molecule has 0 fully saturated rings. The van der Waals surface area contributed by atoms with Gasteiger partial charge in [-0.15, -0.1) is 10.2 Å². The molecule has 0 saturated carbocycles. The van der Waals surface area contributed by atoms with Gasteiger partial charge in [0.25, 0.3) is 0 Å². The van der Waals surface area contributed by atoms with Crippen LogP contribution in [0.1, 0.15) is 22.6 Å². The molecule has 2 heterocycles. The van der Waals surface area contributed by atoms with Crippen molar-refractivity contribution in [2.45, 2.75) is 20.4 Å². The topological polar surface area (TPSA) is 79.4 Å². The van der Waals surface area contributed by atoms with Crippen LogP contribution in [0.15, 0.2) is 42.5 Å². The molecule has 0 aliphatic carbocycles. The summed E-state index contributed by atoms with van der Waals surface area (Å²) in [4.78, 5) is 0. The zero-order chi connectivity index (χ0) is 16.2. The number of benzene rings is 1. The zero-order valence-electron chi connectivity index (χ0n) is 13.0. The summed E-state index contributed by atoms with van der Waals surface area (Å²) in [5.41, 5.74) is 4.52. The van der Waals surface area contributed by atoms with Gasteiger partial charge in [-0.25, -0.2) is 4.68 Å². The van der Waals surface area contributed by atoms with Crippen LogP contribution < -0.4 is 5.32 Å². The molecule has 23 heavy (non-hydrogen) atoms. The van der Waals surface area contributed by atoms with Gasteiger partial charge in [-0.3, -0.25) is 0 Å². The molecule has 0 radical (unpaired) electrons. The van der Waals surface area contributed by atoms with Crippen LogP contribution in [0.4, 0.5) is 5.82 Å². The van der Waals surface area contributed by atoms with Crippen LogP contribution in [0.5, 0.6) is 0 Å². The van der Waals surface area contributed by atoms with Gasteiger partial charge >= 0.3 is 0 Å². The highest BCUT2D eigenvalue weighted by atomic mass is 15.3. The normalized spacial score (nSPS) is 10.3. The van der Waals surface area contributed by atoms with Crippen LogP contribution in [0.25, 0.3) is 5.69 Å². The lowest BCUT2D eigenvalue weighted by atomic mass is 10.1. The van der Waals surface area contributed by atoms with Gasteiger partial charge in [0.2, 0.25) is 0 Å². The van der Waals surface area contributed by atoms with Gasteiger partial charge in [-0.05, 0) is 43.7 Å². The van der Waals surface area contributed by atoms with E-state index in [4.69, 9.17) is 5.26 Å². The standard InChI is InChI=1S/C17H16N6/c1-12-9-13(2)23(22-12)16-6-4-3-5-14(16)11-19-17-8-7-15(10-18)20-21-17/h3-9H,11H2,1-2H3,(H,19,21). The Kier molecular flexibility index (Phi) is 4.02. The van der Waals surface area contributed by atoms with Gasteiger partial charge in [-0.1, -0.05) is 18.2 Å². The van der Waals surface area contributed by atoms with Crippen LogP contribution in [-0.2, 0) is 6.54 Å². The molecule has 0 atom stereocenters. The largest absolute Gasteiger partial charge is 0.364 e. The highest BCUT2D eigenvalue weighted by molar-refractivity contribution is 5.45. The SMILES string of the molecule is Cc1cc(C)n(-c2ccccc2CNc2ccc(C#N)nn2)n1. The quantitative estimate of drug-likeness (QED) is 0.801. The Hall–Kier alpha value is -3.20. The average molecular weight is 304 g/mol. The lowest BCUT2D eigenvalue weighted by molar-refractivity contribution is 0.820. The number of para-hydroxylation sites is 1. The minimum Gasteiger partial charge on any atom is -0.364 e. The maximum atomic E-state index is 8.74. The number of nitriles is 1. The molecule has 0 amide bonds. The van der Waals surface area contributed by atoms with Crippen molar-refractivity contribution in [3.63, 3.8) is 0 Å². The number of hydrogen-bond donors (Lipinski definition) is 1. The predicted octanol–water partition coefficient (Wildman–Crippen LogP) is 2.76. The molecular formula is C17H16N6. The Morgan fingerprint density at radius 1 is 1.13 bits per heavy atom. The number of nitrogens with one attached hydrogen (secondary N) is 1. The minimum atomic E-state index is 0.304. The molecule has 0 aliphatic heterocycles. The van der Waals surface area contributed by atoms with Gasteiger partial charge < -0.3 is 5.32 Å².